The lowest BCUT2D eigenvalue weighted by molar-refractivity contribution is 0.319. The molecule has 0 amide bonds. The highest BCUT2D eigenvalue weighted by Crippen LogP contribution is 2.40. The molecule has 0 aromatic heterocycles. The Morgan fingerprint density at radius 1 is 0.606 bits per heavy atom. The van der Waals surface area contributed by atoms with Gasteiger partial charge in [-0.2, -0.15) is 0 Å². The molecule has 0 heterocycles. The zero-order valence-corrected chi connectivity index (χ0v) is 19.9. The summed E-state index contributed by atoms with van der Waals surface area (Å²) in [6.07, 6.45) is 1.04. The first kappa shape index (κ1) is 21.6. The average Bonchev–Trinajstić information content (AvgIpc) is 3.18. The van der Waals surface area contributed by atoms with Crippen LogP contribution in [0.4, 0.5) is 0 Å². The molecule has 0 saturated heterocycles. The number of rotatable bonds is 7. The fourth-order valence-electron chi connectivity index (χ4n) is 5.12. The Kier molecular flexibility index (Phi) is 6.13. The van der Waals surface area contributed by atoms with Gasteiger partial charge in [-0.3, -0.25) is 4.90 Å². The molecule has 4 aromatic carbocycles. The molecular weight excluding hydrogens is 400 g/mol. The van der Waals surface area contributed by atoms with Gasteiger partial charge in [0.25, 0.3) is 0 Å². The highest BCUT2D eigenvalue weighted by molar-refractivity contribution is 5.79. The Balaban J connectivity index is 1.35. The van der Waals surface area contributed by atoms with Crippen LogP contribution >= 0.6 is 0 Å². The van der Waals surface area contributed by atoms with Gasteiger partial charge < -0.3 is 4.90 Å². The fraction of sp³-hybridized carbons (Fsp3) is 0.226. The summed E-state index contributed by atoms with van der Waals surface area (Å²) in [6, 6.07) is 33.4. The van der Waals surface area contributed by atoms with Crippen molar-refractivity contribution in [3.05, 3.63) is 119 Å². The maximum absolute atomic E-state index is 2.43. The van der Waals surface area contributed by atoms with E-state index in [-0.39, 0.29) is 0 Å². The van der Waals surface area contributed by atoms with Crippen molar-refractivity contribution in [2.24, 2.45) is 0 Å². The minimum Gasteiger partial charge on any atom is -0.305 e. The zero-order valence-electron chi connectivity index (χ0n) is 19.9. The molecular formula is C31H32N2. The van der Waals surface area contributed by atoms with E-state index in [2.05, 4.69) is 122 Å². The lowest BCUT2D eigenvalue weighted by atomic mass is 9.98. The highest BCUT2D eigenvalue weighted by atomic mass is 15.1. The molecule has 0 atom stereocenters. The maximum atomic E-state index is 2.43. The average molecular weight is 433 g/mol. The van der Waals surface area contributed by atoms with E-state index >= 15 is 0 Å². The topological polar surface area (TPSA) is 6.48 Å². The molecule has 0 saturated carbocycles. The summed E-state index contributed by atoms with van der Waals surface area (Å²) in [7, 11) is 6.49. The van der Waals surface area contributed by atoms with E-state index in [1.165, 1.54) is 50.1 Å². The number of benzene rings is 4. The standard InChI is InChI=1S/C31H32N2/c1-32(2)20-24-15-16-30-29(18-24)19-27-13-8-14-28(31(27)30)22-33(3)21-23-9-7-12-26(17-23)25-10-5-4-6-11-25/h4-18H,19-22H2,1-3H3. The molecule has 2 nitrogen and oxygen atoms in total. The molecule has 0 radical (unpaired) electrons. The number of hydrogen-bond donors (Lipinski definition) is 0. The Morgan fingerprint density at radius 3 is 2.18 bits per heavy atom. The van der Waals surface area contributed by atoms with Crippen LogP contribution in [0.25, 0.3) is 22.3 Å². The molecule has 0 aliphatic heterocycles. The molecule has 5 rings (SSSR count). The predicted molar refractivity (Wildman–Crippen MR) is 139 cm³/mol. The Bertz CT molecular complexity index is 1260. The van der Waals surface area contributed by atoms with Gasteiger partial charge in [0.1, 0.15) is 0 Å². The third-order valence-electron chi connectivity index (χ3n) is 6.48. The van der Waals surface area contributed by atoms with Crippen molar-refractivity contribution in [1.82, 2.24) is 9.80 Å². The lowest BCUT2D eigenvalue weighted by Crippen LogP contribution is -2.17. The predicted octanol–water partition coefficient (Wildman–Crippen LogP) is 6.62. The minimum atomic E-state index is 0.930. The smallest absolute Gasteiger partial charge is 0.0240 e. The van der Waals surface area contributed by atoms with Crippen molar-refractivity contribution in [2.45, 2.75) is 26.1 Å². The van der Waals surface area contributed by atoms with E-state index < -0.39 is 0 Å². The molecule has 0 spiro atoms. The summed E-state index contributed by atoms with van der Waals surface area (Å²) in [5.74, 6) is 0. The molecule has 2 heteroatoms. The zero-order chi connectivity index (χ0) is 22.8. The molecule has 166 valence electrons. The van der Waals surface area contributed by atoms with Gasteiger partial charge in [0, 0.05) is 19.6 Å². The SMILES string of the molecule is CN(C)Cc1ccc2c(c1)Cc1cccc(CN(C)Cc3cccc(-c4ccccc4)c3)c1-2. The summed E-state index contributed by atoms with van der Waals surface area (Å²) in [5, 5.41) is 0. The third-order valence-corrected chi connectivity index (χ3v) is 6.48. The summed E-state index contributed by atoms with van der Waals surface area (Å²) >= 11 is 0. The molecule has 4 aromatic rings. The van der Waals surface area contributed by atoms with Gasteiger partial charge in [-0.1, -0.05) is 84.9 Å². The number of fused-ring (bicyclic) bond motifs is 3. The highest BCUT2D eigenvalue weighted by Gasteiger charge is 2.22. The molecule has 1 aliphatic carbocycles. The van der Waals surface area contributed by atoms with Crippen molar-refractivity contribution >= 4 is 0 Å². The Morgan fingerprint density at radius 2 is 1.36 bits per heavy atom. The van der Waals surface area contributed by atoms with Crippen molar-refractivity contribution < 1.29 is 0 Å². The normalized spacial score (nSPS) is 12.3. The molecule has 0 fully saturated rings. The first-order valence-electron chi connectivity index (χ1n) is 11.8. The van der Waals surface area contributed by atoms with E-state index in [1.54, 1.807) is 0 Å². The molecule has 33 heavy (non-hydrogen) atoms. The fourth-order valence-corrected chi connectivity index (χ4v) is 5.12. The molecule has 1 aliphatic rings. The minimum absolute atomic E-state index is 0.930. The van der Waals surface area contributed by atoms with Crippen LogP contribution in [0, 0.1) is 0 Å². The van der Waals surface area contributed by atoms with Crippen LogP contribution in [0.3, 0.4) is 0 Å². The third kappa shape index (κ3) is 4.78. The van der Waals surface area contributed by atoms with E-state index in [0.717, 1.165) is 26.1 Å². The second kappa shape index (κ2) is 9.35. The summed E-state index contributed by atoms with van der Waals surface area (Å²) in [5.41, 5.74) is 12.5. The van der Waals surface area contributed by atoms with Gasteiger partial charge >= 0.3 is 0 Å². The van der Waals surface area contributed by atoms with Crippen molar-refractivity contribution in [2.75, 3.05) is 21.1 Å². The largest absolute Gasteiger partial charge is 0.305 e. The van der Waals surface area contributed by atoms with Gasteiger partial charge in [0.05, 0.1) is 0 Å². The maximum Gasteiger partial charge on any atom is 0.0240 e. The molecule has 0 unspecified atom stereocenters. The van der Waals surface area contributed by atoms with Gasteiger partial charge in [0.2, 0.25) is 0 Å². The van der Waals surface area contributed by atoms with E-state index in [4.69, 9.17) is 0 Å². The Hall–Kier alpha value is -3.20. The van der Waals surface area contributed by atoms with Crippen LogP contribution in [0.2, 0.25) is 0 Å². The van der Waals surface area contributed by atoms with Gasteiger partial charge in [-0.25, -0.2) is 0 Å². The van der Waals surface area contributed by atoms with Gasteiger partial charge in [-0.15, -0.1) is 0 Å². The van der Waals surface area contributed by atoms with Crippen LogP contribution in [0.1, 0.15) is 27.8 Å². The van der Waals surface area contributed by atoms with E-state index in [9.17, 15) is 0 Å². The Labute approximate surface area is 198 Å². The van der Waals surface area contributed by atoms with Gasteiger partial charge in [-0.05, 0) is 83.7 Å². The molecule has 0 bridgehead atoms. The number of hydrogen-bond acceptors (Lipinski definition) is 2. The lowest BCUT2D eigenvalue weighted by Gasteiger charge is -2.20. The first-order valence-corrected chi connectivity index (χ1v) is 11.8. The van der Waals surface area contributed by atoms with Crippen LogP contribution in [0.5, 0.6) is 0 Å². The first-order chi connectivity index (χ1) is 16.1. The molecule has 0 N–H and O–H groups in total. The number of nitrogens with zero attached hydrogens (tertiary/aromatic N) is 2. The van der Waals surface area contributed by atoms with Crippen LogP contribution in [0.15, 0.2) is 91.0 Å². The van der Waals surface area contributed by atoms with Crippen LogP contribution in [-0.4, -0.2) is 30.9 Å². The van der Waals surface area contributed by atoms with Crippen molar-refractivity contribution in [3.8, 4) is 22.3 Å². The van der Waals surface area contributed by atoms with Gasteiger partial charge in [0.15, 0.2) is 0 Å². The summed E-state index contributed by atoms with van der Waals surface area (Å²) in [6.45, 7) is 2.86. The second-order valence-corrected chi connectivity index (χ2v) is 9.60. The summed E-state index contributed by atoms with van der Waals surface area (Å²) < 4.78 is 0. The summed E-state index contributed by atoms with van der Waals surface area (Å²) in [4.78, 5) is 4.66. The monoisotopic (exact) mass is 432 g/mol. The van der Waals surface area contributed by atoms with E-state index in [1.807, 2.05) is 0 Å². The quantitative estimate of drug-likeness (QED) is 0.285. The van der Waals surface area contributed by atoms with Crippen LogP contribution < -0.4 is 0 Å². The van der Waals surface area contributed by atoms with Crippen molar-refractivity contribution in [3.63, 3.8) is 0 Å². The second-order valence-electron chi connectivity index (χ2n) is 9.60. The van der Waals surface area contributed by atoms with Crippen molar-refractivity contribution in [1.29, 1.82) is 0 Å². The van der Waals surface area contributed by atoms with Crippen LogP contribution in [-0.2, 0) is 26.1 Å². The van der Waals surface area contributed by atoms with E-state index in [0.29, 0.717) is 0 Å².